The Morgan fingerprint density at radius 3 is 2.32 bits per heavy atom. The van der Waals surface area contributed by atoms with E-state index in [9.17, 15) is 4.79 Å². The normalized spacial score (nSPS) is 47.6. The van der Waals surface area contributed by atoms with Gasteiger partial charge in [-0.25, -0.2) is 0 Å². The maximum Gasteiger partial charge on any atom is 0.224 e. The molecule has 0 aromatic carbocycles. The molecule has 2 N–H and O–H groups in total. The Balaban J connectivity index is 1.34. The van der Waals surface area contributed by atoms with Gasteiger partial charge in [0.25, 0.3) is 0 Å². The molecule has 3 nitrogen and oxygen atoms in total. The fourth-order valence-corrected chi connectivity index (χ4v) is 5.61. The molecular formula is C16H26N2O. The van der Waals surface area contributed by atoms with Gasteiger partial charge in [-0.1, -0.05) is 0 Å². The molecule has 4 aliphatic carbocycles. The van der Waals surface area contributed by atoms with E-state index in [1.165, 1.54) is 32.1 Å². The van der Waals surface area contributed by atoms with E-state index in [2.05, 4.69) is 10.6 Å². The minimum atomic E-state index is 0.233. The van der Waals surface area contributed by atoms with Crippen LogP contribution in [0.15, 0.2) is 0 Å². The van der Waals surface area contributed by atoms with Crippen LogP contribution in [0.2, 0.25) is 0 Å². The van der Waals surface area contributed by atoms with E-state index in [-0.39, 0.29) is 5.92 Å². The molecule has 1 atom stereocenters. The highest BCUT2D eigenvalue weighted by molar-refractivity contribution is 5.79. The van der Waals surface area contributed by atoms with E-state index in [0.29, 0.717) is 5.91 Å². The van der Waals surface area contributed by atoms with Crippen molar-refractivity contribution in [1.29, 1.82) is 0 Å². The largest absolute Gasteiger partial charge is 0.356 e. The molecule has 106 valence electrons. The third-order valence-corrected chi connectivity index (χ3v) is 6.37. The number of carbonyl (C=O) groups excluding carboxylic acids is 1. The van der Waals surface area contributed by atoms with E-state index in [1.54, 1.807) is 0 Å². The van der Waals surface area contributed by atoms with Crippen molar-refractivity contribution in [3.63, 3.8) is 0 Å². The molecule has 5 fully saturated rings. The van der Waals surface area contributed by atoms with E-state index in [1.807, 2.05) is 0 Å². The molecule has 1 unspecified atom stereocenters. The predicted octanol–water partition coefficient (Wildman–Crippen LogP) is 1.78. The van der Waals surface area contributed by atoms with Crippen molar-refractivity contribution in [2.45, 2.75) is 38.5 Å². The molecule has 0 aromatic rings. The monoisotopic (exact) mass is 262 g/mol. The van der Waals surface area contributed by atoms with E-state index >= 15 is 0 Å². The SMILES string of the molecule is O=C(NCC1C2CC3CC(C2)CC1C3)C1CCNC1. The summed E-state index contributed by atoms with van der Waals surface area (Å²) in [6.45, 7) is 2.85. The van der Waals surface area contributed by atoms with Gasteiger partial charge in [-0.05, 0) is 74.7 Å². The average molecular weight is 262 g/mol. The molecule has 0 aromatic heterocycles. The molecule has 1 amide bonds. The van der Waals surface area contributed by atoms with Crippen LogP contribution < -0.4 is 10.6 Å². The Morgan fingerprint density at radius 1 is 1.05 bits per heavy atom. The Labute approximate surface area is 115 Å². The van der Waals surface area contributed by atoms with Gasteiger partial charge in [-0.3, -0.25) is 4.79 Å². The molecule has 0 radical (unpaired) electrons. The second kappa shape index (κ2) is 4.76. The summed E-state index contributed by atoms with van der Waals surface area (Å²) in [4.78, 5) is 12.1. The van der Waals surface area contributed by atoms with Gasteiger partial charge in [0.2, 0.25) is 5.91 Å². The standard InChI is InChI=1S/C16H26N2O/c19-16(12-1-2-17-8-12)18-9-15-13-4-10-3-11(6-13)7-14(15)5-10/h10-15,17H,1-9H2,(H,18,19). The number of nitrogens with one attached hydrogen (secondary N) is 2. The van der Waals surface area contributed by atoms with Crippen LogP contribution in [0.1, 0.15) is 38.5 Å². The summed E-state index contributed by atoms with van der Waals surface area (Å²) in [6, 6.07) is 0. The number of hydrogen-bond acceptors (Lipinski definition) is 2. The molecule has 1 saturated heterocycles. The summed E-state index contributed by atoms with van der Waals surface area (Å²) in [5.74, 6) is 5.26. The summed E-state index contributed by atoms with van der Waals surface area (Å²) >= 11 is 0. The summed E-state index contributed by atoms with van der Waals surface area (Å²) in [7, 11) is 0. The molecule has 19 heavy (non-hydrogen) atoms. The van der Waals surface area contributed by atoms with Crippen LogP contribution in [0.3, 0.4) is 0 Å². The van der Waals surface area contributed by atoms with Crippen molar-refractivity contribution < 1.29 is 4.79 Å². The fourth-order valence-electron chi connectivity index (χ4n) is 5.61. The predicted molar refractivity (Wildman–Crippen MR) is 74.5 cm³/mol. The third kappa shape index (κ3) is 2.20. The molecule has 4 bridgehead atoms. The van der Waals surface area contributed by atoms with Gasteiger partial charge >= 0.3 is 0 Å². The summed E-state index contributed by atoms with van der Waals surface area (Å²) in [6.07, 6.45) is 8.36. The van der Waals surface area contributed by atoms with Crippen LogP contribution >= 0.6 is 0 Å². The van der Waals surface area contributed by atoms with Crippen molar-refractivity contribution in [2.75, 3.05) is 19.6 Å². The van der Waals surface area contributed by atoms with Crippen LogP contribution in [0.5, 0.6) is 0 Å². The van der Waals surface area contributed by atoms with Crippen molar-refractivity contribution in [2.24, 2.45) is 35.5 Å². The lowest BCUT2D eigenvalue weighted by Crippen LogP contribution is -2.49. The van der Waals surface area contributed by atoms with Crippen LogP contribution in [0, 0.1) is 35.5 Å². The van der Waals surface area contributed by atoms with Crippen molar-refractivity contribution >= 4 is 5.91 Å². The molecule has 4 saturated carbocycles. The summed E-state index contributed by atoms with van der Waals surface area (Å²) in [5, 5.41) is 6.56. The highest BCUT2D eigenvalue weighted by Gasteiger charge is 2.48. The number of carbonyl (C=O) groups is 1. The zero-order chi connectivity index (χ0) is 12.8. The highest BCUT2D eigenvalue weighted by Crippen LogP contribution is 2.56. The first-order chi connectivity index (χ1) is 9.29. The molecule has 1 aliphatic heterocycles. The van der Waals surface area contributed by atoms with Gasteiger partial charge in [-0.2, -0.15) is 0 Å². The molecular weight excluding hydrogens is 236 g/mol. The zero-order valence-corrected chi connectivity index (χ0v) is 11.7. The third-order valence-electron chi connectivity index (χ3n) is 6.37. The zero-order valence-electron chi connectivity index (χ0n) is 11.7. The number of hydrogen-bond donors (Lipinski definition) is 2. The van der Waals surface area contributed by atoms with Gasteiger partial charge in [0.05, 0.1) is 5.92 Å². The Bertz CT molecular complexity index is 334. The quantitative estimate of drug-likeness (QED) is 0.814. The van der Waals surface area contributed by atoms with Gasteiger partial charge in [-0.15, -0.1) is 0 Å². The summed E-state index contributed by atoms with van der Waals surface area (Å²) in [5.41, 5.74) is 0. The lowest BCUT2D eigenvalue weighted by atomic mass is 9.52. The van der Waals surface area contributed by atoms with E-state index in [0.717, 1.165) is 55.6 Å². The minimum Gasteiger partial charge on any atom is -0.356 e. The van der Waals surface area contributed by atoms with E-state index in [4.69, 9.17) is 0 Å². The van der Waals surface area contributed by atoms with Gasteiger partial charge < -0.3 is 10.6 Å². The van der Waals surface area contributed by atoms with Gasteiger partial charge in [0, 0.05) is 13.1 Å². The second-order valence-electron chi connectivity index (χ2n) is 7.53. The minimum absolute atomic E-state index is 0.233. The van der Waals surface area contributed by atoms with Crippen LogP contribution in [0.25, 0.3) is 0 Å². The molecule has 3 heteroatoms. The first kappa shape index (κ1) is 12.2. The molecule has 5 rings (SSSR count). The lowest BCUT2D eigenvalue weighted by Gasteiger charge is -2.54. The van der Waals surface area contributed by atoms with Crippen LogP contribution in [0.4, 0.5) is 0 Å². The molecule has 0 spiro atoms. The van der Waals surface area contributed by atoms with Crippen molar-refractivity contribution in [1.82, 2.24) is 10.6 Å². The number of rotatable bonds is 3. The van der Waals surface area contributed by atoms with Crippen LogP contribution in [-0.4, -0.2) is 25.5 Å². The number of amides is 1. The maximum absolute atomic E-state index is 12.1. The topological polar surface area (TPSA) is 41.1 Å². The smallest absolute Gasteiger partial charge is 0.224 e. The fraction of sp³-hybridized carbons (Fsp3) is 0.938. The van der Waals surface area contributed by atoms with Crippen molar-refractivity contribution in [3.05, 3.63) is 0 Å². The summed E-state index contributed by atoms with van der Waals surface area (Å²) < 4.78 is 0. The molecule has 1 heterocycles. The second-order valence-corrected chi connectivity index (χ2v) is 7.53. The van der Waals surface area contributed by atoms with Gasteiger partial charge in [0.15, 0.2) is 0 Å². The van der Waals surface area contributed by atoms with E-state index < -0.39 is 0 Å². The highest BCUT2D eigenvalue weighted by atomic mass is 16.1. The Hall–Kier alpha value is -0.570. The average Bonchev–Trinajstić information content (AvgIpc) is 2.90. The lowest BCUT2D eigenvalue weighted by molar-refractivity contribution is -0.125. The Kier molecular flexibility index (Phi) is 3.06. The first-order valence-electron chi connectivity index (χ1n) is 8.28. The molecule has 5 aliphatic rings. The Morgan fingerprint density at radius 2 is 1.74 bits per heavy atom. The van der Waals surface area contributed by atoms with Gasteiger partial charge in [0.1, 0.15) is 0 Å². The van der Waals surface area contributed by atoms with Crippen molar-refractivity contribution in [3.8, 4) is 0 Å². The van der Waals surface area contributed by atoms with Crippen LogP contribution in [-0.2, 0) is 4.79 Å². The maximum atomic E-state index is 12.1. The first-order valence-corrected chi connectivity index (χ1v) is 8.28.